The fraction of sp³-hybridized carbons (Fsp3) is 0.308. The van der Waals surface area contributed by atoms with E-state index in [4.69, 9.17) is 5.11 Å². The molecule has 0 atom stereocenters. The van der Waals surface area contributed by atoms with Gasteiger partial charge in [-0.25, -0.2) is 4.79 Å². The third kappa shape index (κ3) is 1.81. The Labute approximate surface area is 95.0 Å². The van der Waals surface area contributed by atoms with Gasteiger partial charge < -0.3 is 5.11 Å². The number of rotatable bonds is 3. The Morgan fingerprint density at radius 2 is 2.31 bits per heavy atom. The van der Waals surface area contributed by atoms with Crippen LogP contribution in [0.2, 0.25) is 0 Å². The maximum atomic E-state index is 11.2. The minimum atomic E-state index is -0.916. The number of nitrogens with zero attached hydrogens (tertiary/aromatic N) is 1. The summed E-state index contributed by atoms with van der Waals surface area (Å²) in [6, 6.07) is 5.89. The molecule has 1 aromatic rings. The summed E-state index contributed by atoms with van der Waals surface area (Å²) < 4.78 is 0. The molecule has 2 rings (SSSR count). The van der Waals surface area contributed by atoms with Gasteiger partial charge in [-0.05, 0) is 36.5 Å². The number of carbonyl (C=O) groups is 1. The van der Waals surface area contributed by atoms with Crippen LogP contribution in [-0.2, 0) is 12.8 Å². The van der Waals surface area contributed by atoms with E-state index >= 15 is 0 Å². The van der Waals surface area contributed by atoms with Gasteiger partial charge in [0.15, 0.2) is 0 Å². The molecular weight excluding hydrogens is 202 g/mol. The van der Waals surface area contributed by atoms with Crippen LogP contribution in [0.3, 0.4) is 0 Å². The van der Waals surface area contributed by atoms with Crippen molar-refractivity contribution in [3.8, 4) is 0 Å². The van der Waals surface area contributed by atoms with Crippen LogP contribution in [-0.4, -0.2) is 17.7 Å². The molecule has 3 nitrogen and oxygen atoms in total. The summed E-state index contributed by atoms with van der Waals surface area (Å²) in [5, 5.41) is 9.17. The zero-order valence-corrected chi connectivity index (χ0v) is 9.15. The summed E-state index contributed by atoms with van der Waals surface area (Å²) >= 11 is 0. The maximum absolute atomic E-state index is 11.2. The molecule has 0 fully saturated rings. The number of anilines is 1. The van der Waals surface area contributed by atoms with Crippen molar-refractivity contribution in [1.82, 2.24) is 0 Å². The minimum absolute atomic E-state index is 0.339. The van der Waals surface area contributed by atoms with Crippen LogP contribution in [0.25, 0.3) is 0 Å². The van der Waals surface area contributed by atoms with Crippen LogP contribution in [0.5, 0.6) is 0 Å². The van der Waals surface area contributed by atoms with E-state index < -0.39 is 6.09 Å². The number of fused-ring (bicyclic) bond motifs is 1. The lowest BCUT2D eigenvalue weighted by atomic mass is 10.1. The number of amides is 1. The van der Waals surface area contributed by atoms with Crippen molar-refractivity contribution in [2.24, 2.45) is 0 Å². The third-order valence-electron chi connectivity index (χ3n) is 2.95. The Hall–Kier alpha value is -1.77. The van der Waals surface area contributed by atoms with Gasteiger partial charge >= 0.3 is 6.09 Å². The van der Waals surface area contributed by atoms with Gasteiger partial charge in [-0.15, -0.1) is 6.58 Å². The van der Waals surface area contributed by atoms with E-state index in [9.17, 15) is 4.79 Å². The molecule has 0 spiro atoms. The molecule has 0 radical (unpaired) electrons. The molecule has 1 aliphatic rings. The van der Waals surface area contributed by atoms with Crippen molar-refractivity contribution in [1.29, 1.82) is 0 Å². The van der Waals surface area contributed by atoms with Gasteiger partial charge in [0.25, 0.3) is 0 Å². The topological polar surface area (TPSA) is 40.5 Å². The van der Waals surface area contributed by atoms with Gasteiger partial charge in [0, 0.05) is 6.54 Å². The van der Waals surface area contributed by atoms with E-state index in [1.807, 2.05) is 12.1 Å². The molecular formula is C13H15NO2. The Balaban J connectivity index is 2.41. The van der Waals surface area contributed by atoms with E-state index in [1.165, 1.54) is 16.0 Å². The summed E-state index contributed by atoms with van der Waals surface area (Å²) in [5.41, 5.74) is 3.29. The Kier molecular flexibility index (Phi) is 2.95. The first-order valence-electron chi connectivity index (χ1n) is 5.46. The van der Waals surface area contributed by atoms with E-state index in [0.29, 0.717) is 6.54 Å². The number of hydrogen-bond acceptors (Lipinski definition) is 1. The van der Waals surface area contributed by atoms with Crippen molar-refractivity contribution in [3.63, 3.8) is 0 Å². The van der Waals surface area contributed by atoms with Gasteiger partial charge in [-0.2, -0.15) is 0 Å². The van der Waals surface area contributed by atoms with Crippen molar-refractivity contribution in [3.05, 3.63) is 42.0 Å². The van der Waals surface area contributed by atoms with Gasteiger partial charge in [-0.3, -0.25) is 4.90 Å². The second kappa shape index (κ2) is 4.39. The fourth-order valence-electron chi connectivity index (χ4n) is 2.26. The average molecular weight is 217 g/mol. The number of aryl methyl sites for hydroxylation is 1. The highest BCUT2D eigenvalue weighted by Crippen LogP contribution is 2.31. The second-order valence-electron chi connectivity index (χ2n) is 3.95. The smallest absolute Gasteiger partial charge is 0.412 e. The first-order chi connectivity index (χ1) is 7.74. The van der Waals surface area contributed by atoms with Crippen LogP contribution >= 0.6 is 0 Å². The highest BCUT2D eigenvalue weighted by atomic mass is 16.4. The lowest BCUT2D eigenvalue weighted by molar-refractivity contribution is 0.202. The number of benzene rings is 1. The molecule has 3 heteroatoms. The van der Waals surface area contributed by atoms with E-state index in [1.54, 1.807) is 6.08 Å². The van der Waals surface area contributed by atoms with Gasteiger partial charge in [0.1, 0.15) is 0 Å². The van der Waals surface area contributed by atoms with Gasteiger partial charge in [0.2, 0.25) is 0 Å². The van der Waals surface area contributed by atoms with Crippen molar-refractivity contribution >= 4 is 11.8 Å². The van der Waals surface area contributed by atoms with Crippen molar-refractivity contribution < 1.29 is 9.90 Å². The maximum Gasteiger partial charge on any atom is 0.412 e. The lowest BCUT2D eigenvalue weighted by Gasteiger charge is -2.20. The fourth-order valence-corrected chi connectivity index (χ4v) is 2.26. The molecule has 1 aromatic carbocycles. The molecule has 0 aromatic heterocycles. The van der Waals surface area contributed by atoms with Gasteiger partial charge in [0.05, 0.1) is 5.69 Å². The predicted molar refractivity (Wildman–Crippen MR) is 64.0 cm³/mol. The monoisotopic (exact) mass is 217 g/mol. The van der Waals surface area contributed by atoms with Crippen LogP contribution in [0.1, 0.15) is 17.5 Å². The molecule has 0 aliphatic heterocycles. The zero-order chi connectivity index (χ0) is 11.5. The Bertz CT molecular complexity index is 426. The Morgan fingerprint density at radius 1 is 1.50 bits per heavy atom. The SMILES string of the molecule is C=CCN(C(=O)O)c1cccc2c1CCC2. The van der Waals surface area contributed by atoms with Crippen molar-refractivity contribution in [2.45, 2.75) is 19.3 Å². The first-order valence-corrected chi connectivity index (χ1v) is 5.46. The highest BCUT2D eigenvalue weighted by molar-refractivity contribution is 5.87. The summed E-state index contributed by atoms with van der Waals surface area (Å²) in [5.74, 6) is 0. The van der Waals surface area contributed by atoms with Crippen LogP contribution < -0.4 is 4.90 Å². The molecule has 1 N–H and O–H groups in total. The zero-order valence-electron chi connectivity index (χ0n) is 9.15. The molecule has 16 heavy (non-hydrogen) atoms. The summed E-state index contributed by atoms with van der Waals surface area (Å²) in [4.78, 5) is 12.5. The second-order valence-corrected chi connectivity index (χ2v) is 3.95. The molecule has 1 amide bonds. The summed E-state index contributed by atoms with van der Waals surface area (Å²) in [6.45, 7) is 3.94. The number of hydrogen-bond donors (Lipinski definition) is 1. The summed E-state index contributed by atoms with van der Waals surface area (Å²) in [7, 11) is 0. The normalized spacial score (nSPS) is 13.2. The number of carboxylic acid groups (broad SMARTS) is 1. The molecule has 84 valence electrons. The molecule has 1 aliphatic carbocycles. The molecule has 0 saturated heterocycles. The third-order valence-corrected chi connectivity index (χ3v) is 2.95. The van der Waals surface area contributed by atoms with Crippen LogP contribution in [0.15, 0.2) is 30.9 Å². The van der Waals surface area contributed by atoms with E-state index in [-0.39, 0.29) is 0 Å². The first kappa shape index (κ1) is 10.7. The minimum Gasteiger partial charge on any atom is -0.465 e. The average Bonchev–Trinajstić information content (AvgIpc) is 2.73. The molecule has 0 saturated carbocycles. The molecule has 0 bridgehead atoms. The van der Waals surface area contributed by atoms with Crippen molar-refractivity contribution in [2.75, 3.05) is 11.4 Å². The Morgan fingerprint density at radius 3 is 3.00 bits per heavy atom. The van der Waals surface area contributed by atoms with Crippen LogP contribution in [0.4, 0.5) is 10.5 Å². The molecule has 0 heterocycles. The van der Waals surface area contributed by atoms with E-state index in [2.05, 4.69) is 12.6 Å². The quantitative estimate of drug-likeness (QED) is 0.791. The summed E-state index contributed by atoms with van der Waals surface area (Å²) in [6.07, 6.45) is 3.85. The lowest BCUT2D eigenvalue weighted by Crippen LogP contribution is -2.30. The van der Waals surface area contributed by atoms with Gasteiger partial charge in [-0.1, -0.05) is 18.2 Å². The molecule has 0 unspecified atom stereocenters. The van der Waals surface area contributed by atoms with E-state index in [0.717, 1.165) is 24.9 Å². The standard InChI is InChI=1S/C13H15NO2/c1-2-9-14(13(15)16)12-8-4-6-10-5-3-7-11(10)12/h2,4,6,8H,1,3,5,7,9H2,(H,15,16). The van der Waals surface area contributed by atoms with Crippen LogP contribution in [0, 0.1) is 0 Å². The highest BCUT2D eigenvalue weighted by Gasteiger charge is 2.21. The predicted octanol–water partition coefficient (Wildman–Crippen LogP) is 2.85. The largest absolute Gasteiger partial charge is 0.465 e.